The first kappa shape index (κ1) is 16.5. The number of anilines is 2. The van der Waals surface area contributed by atoms with Crippen LogP contribution in [0.15, 0.2) is 49.1 Å². The van der Waals surface area contributed by atoms with Crippen LogP contribution < -0.4 is 11.1 Å². The van der Waals surface area contributed by atoms with Gasteiger partial charge in [0, 0.05) is 30.1 Å². The van der Waals surface area contributed by atoms with E-state index in [0.717, 1.165) is 28.0 Å². The summed E-state index contributed by atoms with van der Waals surface area (Å²) in [5.41, 5.74) is 10.7. The number of aryl methyl sites for hydroxylation is 1. The third-order valence-electron chi connectivity index (χ3n) is 4.30. The molecule has 4 rings (SSSR count). The molecule has 0 bridgehead atoms. The van der Waals surface area contributed by atoms with E-state index in [-0.39, 0.29) is 11.4 Å². The number of nitrogens with one attached hydrogen (secondary N) is 1. The molecular formula is C19H16N8. The zero-order valence-corrected chi connectivity index (χ0v) is 14.6. The summed E-state index contributed by atoms with van der Waals surface area (Å²) in [6, 6.07) is 12.1. The fraction of sp³-hybridized carbons (Fsp3) is 0.105. The van der Waals surface area contributed by atoms with Crippen molar-refractivity contribution in [2.75, 3.05) is 11.1 Å². The second-order valence-electron chi connectivity index (χ2n) is 6.01. The molecule has 0 spiro atoms. The molecule has 0 amide bonds. The summed E-state index contributed by atoms with van der Waals surface area (Å²) in [6.07, 6.45) is 4.85. The quantitative estimate of drug-likeness (QED) is 0.577. The molecule has 0 atom stereocenters. The van der Waals surface area contributed by atoms with Gasteiger partial charge in [-0.15, -0.1) is 0 Å². The Bertz CT molecular complexity index is 1170. The highest BCUT2D eigenvalue weighted by Crippen LogP contribution is 2.26. The molecule has 3 heterocycles. The van der Waals surface area contributed by atoms with E-state index in [1.807, 2.05) is 49.5 Å². The van der Waals surface area contributed by atoms with Gasteiger partial charge in [-0.25, -0.2) is 19.5 Å². The van der Waals surface area contributed by atoms with Crippen LogP contribution in [0.2, 0.25) is 0 Å². The first-order chi connectivity index (χ1) is 13.2. The first-order valence-corrected chi connectivity index (χ1v) is 8.31. The van der Waals surface area contributed by atoms with Gasteiger partial charge in [-0.1, -0.05) is 24.3 Å². The summed E-state index contributed by atoms with van der Waals surface area (Å²) < 4.78 is 1.74. The summed E-state index contributed by atoms with van der Waals surface area (Å²) in [7, 11) is 0. The minimum atomic E-state index is 0.149. The highest BCUT2D eigenvalue weighted by Gasteiger charge is 2.14. The SMILES string of the molecule is Cc1ccccc1-c1nn2ccnc2cc1CNc1ncnc(N)c1C#N. The van der Waals surface area contributed by atoms with Gasteiger partial charge >= 0.3 is 0 Å². The largest absolute Gasteiger partial charge is 0.382 e. The molecule has 0 saturated carbocycles. The summed E-state index contributed by atoms with van der Waals surface area (Å²) in [6.45, 7) is 2.45. The lowest BCUT2D eigenvalue weighted by Crippen LogP contribution is -2.09. The Morgan fingerprint density at radius 3 is 2.89 bits per heavy atom. The van der Waals surface area contributed by atoms with Crippen molar-refractivity contribution >= 4 is 17.3 Å². The Morgan fingerprint density at radius 2 is 2.07 bits per heavy atom. The van der Waals surface area contributed by atoms with Crippen molar-refractivity contribution in [1.82, 2.24) is 24.6 Å². The minimum absolute atomic E-state index is 0.149. The van der Waals surface area contributed by atoms with Gasteiger partial charge < -0.3 is 11.1 Å². The lowest BCUT2D eigenvalue weighted by molar-refractivity contribution is 0.919. The van der Waals surface area contributed by atoms with E-state index in [9.17, 15) is 5.26 Å². The Kier molecular flexibility index (Phi) is 4.10. The number of nitriles is 1. The number of nitrogens with zero attached hydrogens (tertiary/aromatic N) is 6. The molecule has 3 aromatic heterocycles. The van der Waals surface area contributed by atoms with Gasteiger partial charge in [0.25, 0.3) is 0 Å². The molecule has 0 radical (unpaired) electrons. The van der Waals surface area contributed by atoms with E-state index in [4.69, 9.17) is 10.8 Å². The second-order valence-corrected chi connectivity index (χ2v) is 6.01. The Labute approximate surface area is 155 Å². The van der Waals surface area contributed by atoms with Crippen LogP contribution in [0.25, 0.3) is 16.9 Å². The molecule has 4 aromatic rings. The van der Waals surface area contributed by atoms with Crippen molar-refractivity contribution in [2.45, 2.75) is 13.5 Å². The number of benzene rings is 1. The van der Waals surface area contributed by atoms with Crippen LogP contribution in [0.5, 0.6) is 0 Å². The summed E-state index contributed by atoms with van der Waals surface area (Å²) >= 11 is 0. The molecule has 3 N–H and O–H groups in total. The number of hydrogen-bond acceptors (Lipinski definition) is 7. The number of nitrogen functional groups attached to an aromatic ring is 1. The normalized spacial score (nSPS) is 10.7. The zero-order chi connectivity index (χ0) is 18.8. The number of fused-ring (bicyclic) bond motifs is 1. The number of aromatic nitrogens is 5. The number of rotatable bonds is 4. The standard InChI is InChI=1S/C19H16N8/c1-12-4-2-3-5-14(12)17-13(8-16-22-6-7-27(16)26-17)10-23-19-15(9-20)18(21)24-11-25-19/h2-8,11H,10H2,1H3,(H3,21,23,24,25). The van der Waals surface area contributed by atoms with Gasteiger partial charge in [-0.2, -0.15) is 10.4 Å². The predicted molar refractivity (Wildman–Crippen MR) is 102 cm³/mol. The highest BCUT2D eigenvalue weighted by atomic mass is 15.2. The van der Waals surface area contributed by atoms with Crippen LogP contribution in [0, 0.1) is 18.3 Å². The third-order valence-corrected chi connectivity index (χ3v) is 4.30. The zero-order valence-electron chi connectivity index (χ0n) is 14.6. The van der Waals surface area contributed by atoms with Crippen LogP contribution in [-0.4, -0.2) is 24.6 Å². The van der Waals surface area contributed by atoms with Gasteiger partial charge in [-0.05, 0) is 18.6 Å². The summed E-state index contributed by atoms with van der Waals surface area (Å²) in [5.74, 6) is 0.542. The Hall–Kier alpha value is -3.99. The van der Waals surface area contributed by atoms with Crippen LogP contribution in [0.3, 0.4) is 0 Å². The molecule has 0 aliphatic carbocycles. The van der Waals surface area contributed by atoms with E-state index in [2.05, 4.69) is 20.3 Å². The van der Waals surface area contributed by atoms with E-state index in [1.54, 1.807) is 10.7 Å². The topological polar surface area (TPSA) is 118 Å². The molecule has 0 fully saturated rings. The molecule has 0 aliphatic rings. The molecular weight excluding hydrogens is 340 g/mol. The van der Waals surface area contributed by atoms with Gasteiger partial charge in [0.05, 0.1) is 5.69 Å². The van der Waals surface area contributed by atoms with Crippen LogP contribution in [0.4, 0.5) is 11.6 Å². The van der Waals surface area contributed by atoms with Crippen molar-refractivity contribution < 1.29 is 0 Å². The average Bonchev–Trinajstić information content (AvgIpc) is 3.13. The Morgan fingerprint density at radius 1 is 1.22 bits per heavy atom. The van der Waals surface area contributed by atoms with Crippen LogP contribution in [0.1, 0.15) is 16.7 Å². The maximum Gasteiger partial charge on any atom is 0.153 e. The van der Waals surface area contributed by atoms with Crippen molar-refractivity contribution in [3.63, 3.8) is 0 Å². The molecule has 0 saturated heterocycles. The summed E-state index contributed by atoms with van der Waals surface area (Å²) in [5, 5.41) is 17.2. The van der Waals surface area contributed by atoms with E-state index < -0.39 is 0 Å². The predicted octanol–water partition coefficient (Wildman–Crippen LogP) is 2.56. The van der Waals surface area contributed by atoms with E-state index in [0.29, 0.717) is 12.4 Å². The van der Waals surface area contributed by atoms with Gasteiger partial charge in [0.1, 0.15) is 29.6 Å². The molecule has 0 unspecified atom stereocenters. The average molecular weight is 356 g/mol. The van der Waals surface area contributed by atoms with E-state index >= 15 is 0 Å². The molecule has 132 valence electrons. The second kappa shape index (κ2) is 6.72. The third kappa shape index (κ3) is 3.02. The van der Waals surface area contributed by atoms with Crippen LogP contribution in [-0.2, 0) is 6.54 Å². The molecule has 8 heteroatoms. The molecule has 8 nitrogen and oxygen atoms in total. The molecule has 1 aromatic carbocycles. The maximum absolute atomic E-state index is 9.30. The smallest absolute Gasteiger partial charge is 0.153 e. The number of imidazole rings is 1. The van der Waals surface area contributed by atoms with Crippen molar-refractivity contribution in [3.05, 3.63) is 65.7 Å². The molecule has 27 heavy (non-hydrogen) atoms. The Balaban J connectivity index is 1.77. The lowest BCUT2D eigenvalue weighted by Gasteiger charge is -2.13. The fourth-order valence-electron chi connectivity index (χ4n) is 2.92. The van der Waals surface area contributed by atoms with Crippen molar-refractivity contribution in [2.24, 2.45) is 0 Å². The lowest BCUT2D eigenvalue weighted by atomic mass is 10.0. The molecule has 0 aliphatic heterocycles. The minimum Gasteiger partial charge on any atom is -0.382 e. The van der Waals surface area contributed by atoms with E-state index in [1.165, 1.54) is 6.33 Å². The number of nitrogens with two attached hydrogens (primary N) is 1. The van der Waals surface area contributed by atoms with Gasteiger partial charge in [0.2, 0.25) is 0 Å². The highest BCUT2D eigenvalue weighted by molar-refractivity contribution is 5.69. The summed E-state index contributed by atoms with van der Waals surface area (Å²) in [4.78, 5) is 12.3. The fourth-order valence-corrected chi connectivity index (χ4v) is 2.92. The van der Waals surface area contributed by atoms with Crippen LogP contribution >= 0.6 is 0 Å². The van der Waals surface area contributed by atoms with Crippen molar-refractivity contribution in [1.29, 1.82) is 5.26 Å². The van der Waals surface area contributed by atoms with Crippen molar-refractivity contribution in [3.8, 4) is 17.3 Å². The first-order valence-electron chi connectivity index (χ1n) is 8.31. The maximum atomic E-state index is 9.30. The number of hydrogen-bond donors (Lipinski definition) is 2. The monoisotopic (exact) mass is 356 g/mol. The van der Waals surface area contributed by atoms with Gasteiger partial charge in [-0.3, -0.25) is 0 Å². The van der Waals surface area contributed by atoms with Gasteiger partial charge in [0.15, 0.2) is 5.65 Å².